The van der Waals surface area contributed by atoms with Gasteiger partial charge >= 0.3 is 6.18 Å². The first-order chi connectivity index (χ1) is 21.4. The third kappa shape index (κ3) is 6.78. The molecule has 0 spiro atoms. The first-order valence-corrected chi connectivity index (χ1v) is 18.7. The lowest BCUT2D eigenvalue weighted by Crippen LogP contribution is -2.22. The number of aromatic nitrogens is 7. The smallest absolute Gasteiger partial charge is 0.434 e. The average Bonchev–Trinajstić information content (AvgIpc) is 3.68. The van der Waals surface area contributed by atoms with Gasteiger partial charge in [-0.1, -0.05) is 43.9 Å². The SMILES string of the molecule is COc1ccnc(C2CC2)c1-c1ncc2nn(COCC[Si](C)(C)C)c(Cc3ccc(-c4nc(C(F)(F)F)cn4C)cc3)c2n1. The third-order valence-electron chi connectivity index (χ3n) is 7.89. The van der Waals surface area contributed by atoms with Crippen molar-refractivity contribution in [1.29, 1.82) is 0 Å². The van der Waals surface area contributed by atoms with Crippen LogP contribution in [0, 0.1) is 0 Å². The van der Waals surface area contributed by atoms with Crippen LogP contribution in [0.1, 0.15) is 41.4 Å². The van der Waals surface area contributed by atoms with E-state index in [1.165, 1.54) is 4.57 Å². The molecule has 236 valence electrons. The maximum absolute atomic E-state index is 13.2. The maximum atomic E-state index is 13.2. The number of hydrogen-bond acceptors (Lipinski definition) is 7. The molecule has 0 radical (unpaired) electrons. The largest absolute Gasteiger partial charge is 0.496 e. The van der Waals surface area contributed by atoms with Gasteiger partial charge in [0.2, 0.25) is 0 Å². The highest BCUT2D eigenvalue weighted by Gasteiger charge is 2.35. The molecular formula is C32H36F3N7O2Si. The molecule has 1 saturated carbocycles. The fourth-order valence-electron chi connectivity index (χ4n) is 5.26. The van der Waals surface area contributed by atoms with Crippen LogP contribution in [0.2, 0.25) is 25.7 Å². The number of methoxy groups -OCH3 is 1. The lowest BCUT2D eigenvalue weighted by molar-refractivity contribution is -0.140. The average molecular weight is 636 g/mol. The number of aryl methyl sites for hydroxylation is 1. The van der Waals surface area contributed by atoms with Gasteiger partial charge in [-0.05, 0) is 30.5 Å². The van der Waals surface area contributed by atoms with Gasteiger partial charge in [0.25, 0.3) is 0 Å². The number of benzene rings is 1. The van der Waals surface area contributed by atoms with Crippen LogP contribution in [0.5, 0.6) is 5.75 Å². The van der Waals surface area contributed by atoms with Crippen LogP contribution >= 0.6 is 0 Å². The molecule has 5 aromatic rings. The van der Waals surface area contributed by atoms with Crippen LogP contribution in [-0.2, 0) is 31.1 Å². The molecule has 6 rings (SSSR count). The van der Waals surface area contributed by atoms with Gasteiger partial charge in [-0.3, -0.25) is 4.98 Å². The maximum Gasteiger partial charge on any atom is 0.434 e. The summed E-state index contributed by atoms with van der Waals surface area (Å²) in [7, 11) is 1.91. The predicted molar refractivity (Wildman–Crippen MR) is 168 cm³/mol. The Balaban J connectivity index is 1.36. The van der Waals surface area contributed by atoms with Crippen molar-refractivity contribution in [2.45, 2.75) is 63.8 Å². The second kappa shape index (κ2) is 12.0. The number of hydrogen-bond donors (Lipinski definition) is 0. The van der Waals surface area contributed by atoms with E-state index in [9.17, 15) is 13.2 Å². The summed E-state index contributed by atoms with van der Waals surface area (Å²) in [6.07, 6.45) is 2.59. The van der Waals surface area contributed by atoms with Gasteiger partial charge in [0.05, 0.1) is 30.3 Å². The Hall–Kier alpha value is -4.10. The third-order valence-corrected chi connectivity index (χ3v) is 9.60. The molecule has 0 unspecified atom stereocenters. The summed E-state index contributed by atoms with van der Waals surface area (Å²) in [6.45, 7) is 7.83. The van der Waals surface area contributed by atoms with Crippen molar-refractivity contribution < 1.29 is 22.6 Å². The minimum atomic E-state index is -4.51. The first-order valence-electron chi connectivity index (χ1n) is 14.9. The standard InChI is InChI=1S/C32H36F3N7O2Si/c1-41-18-26(32(33,34)35)38-31(41)22-8-6-20(7-9-22)16-24-29-23(40-42(24)19-44-14-15-45(3,4)5)17-37-30(39-29)27-25(43-2)12-13-36-28(27)21-10-11-21/h6-9,12-13,17-18,21H,10-11,14-16,19H2,1-5H3. The van der Waals surface area contributed by atoms with Crippen molar-refractivity contribution in [2.24, 2.45) is 7.05 Å². The van der Waals surface area contributed by atoms with Crippen LogP contribution < -0.4 is 4.74 Å². The topological polar surface area (TPSA) is 92.8 Å². The predicted octanol–water partition coefficient (Wildman–Crippen LogP) is 7.10. The van der Waals surface area contributed by atoms with Crippen LogP contribution in [0.3, 0.4) is 0 Å². The highest BCUT2D eigenvalue weighted by Crippen LogP contribution is 2.45. The summed E-state index contributed by atoms with van der Waals surface area (Å²) >= 11 is 0. The highest BCUT2D eigenvalue weighted by atomic mass is 28.3. The van der Waals surface area contributed by atoms with E-state index in [4.69, 9.17) is 19.6 Å². The Bertz CT molecular complexity index is 1820. The lowest BCUT2D eigenvalue weighted by atomic mass is 10.1. The van der Waals surface area contributed by atoms with Gasteiger partial charge in [0.15, 0.2) is 11.5 Å². The first kappa shape index (κ1) is 30.9. The molecule has 9 nitrogen and oxygen atoms in total. The fourth-order valence-corrected chi connectivity index (χ4v) is 6.02. The highest BCUT2D eigenvalue weighted by molar-refractivity contribution is 6.76. The van der Waals surface area contributed by atoms with E-state index in [1.807, 2.05) is 22.9 Å². The van der Waals surface area contributed by atoms with Crippen molar-refractivity contribution in [1.82, 2.24) is 34.3 Å². The van der Waals surface area contributed by atoms with Crippen LogP contribution in [0.25, 0.3) is 33.8 Å². The normalized spacial score (nSPS) is 14.0. The van der Waals surface area contributed by atoms with E-state index in [2.05, 4.69) is 34.6 Å². The molecule has 0 aliphatic heterocycles. The Kier molecular flexibility index (Phi) is 8.25. The molecule has 13 heteroatoms. The summed E-state index contributed by atoms with van der Waals surface area (Å²) < 4.78 is 54.7. The summed E-state index contributed by atoms with van der Waals surface area (Å²) in [5.74, 6) is 1.81. The number of fused-ring (bicyclic) bond motifs is 1. The molecule has 0 N–H and O–H groups in total. The molecular weight excluding hydrogens is 599 g/mol. The lowest BCUT2D eigenvalue weighted by Gasteiger charge is -2.16. The Morgan fingerprint density at radius 1 is 1.02 bits per heavy atom. The van der Waals surface area contributed by atoms with Crippen molar-refractivity contribution in [3.8, 4) is 28.5 Å². The number of rotatable bonds is 11. The molecule has 45 heavy (non-hydrogen) atoms. The van der Waals surface area contributed by atoms with Crippen molar-refractivity contribution >= 4 is 19.1 Å². The number of pyridine rings is 1. The minimum absolute atomic E-state index is 0.245. The van der Waals surface area contributed by atoms with Crippen molar-refractivity contribution in [3.05, 3.63) is 71.6 Å². The molecule has 0 amide bonds. The number of alkyl halides is 3. The van der Waals surface area contributed by atoms with Crippen LogP contribution in [-0.4, -0.2) is 56.1 Å². The number of ether oxygens (including phenoxy) is 2. The quantitative estimate of drug-likeness (QED) is 0.113. The summed E-state index contributed by atoms with van der Waals surface area (Å²) in [5.41, 5.74) is 4.54. The zero-order valence-corrected chi connectivity index (χ0v) is 27.0. The van der Waals surface area contributed by atoms with E-state index < -0.39 is 19.9 Å². The molecule has 1 aliphatic rings. The molecule has 1 fully saturated rings. The monoisotopic (exact) mass is 635 g/mol. The van der Waals surface area contributed by atoms with E-state index in [0.717, 1.165) is 47.6 Å². The molecule has 1 aliphatic carbocycles. The van der Waals surface area contributed by atoms with Gasteiger partial charge in [-0.15, -0.1) is 0 Å². The Labute approximate surface area is 260 Å². The van der Waals surface area contributed by atoms with Gasteiger partial charge in [-0.2, -0.15) is 18.3 Å². The van der Waals surface area contributed by atoms with E-state index >= 15 is 0 Å². The molecule has 4 heterocycles. The van der Waals surface area contributed by atoms with Gasteiger partial charge in [-0.25, -0.2) is 19.6 Å². The Morgan fingerprint density at radius 2 is 1.78 bits per heavy atom. The number of halogens is 3. The van der Waals surface area contributed by atoms with Gasteiger partial charge in [0, 0.05) is 52.0 Å². The molecule has 1 aromatic carbocycles. The molecule has 0 bridgehead atoms. The van der Waals surface area contributed by atoms with Gasteiger partial charge in [0.1, 0.15) is 29.3 Å². The van der Waals surface area contributed by atoms with Crippen molar-refractivity contribution in [2.75, 3.05) is 13.7 Å². The minimum Gasteiger partial charge on any atom is -0.496 e. The number of imidazole rings is 1. The summed E-state index contributed by atoms with van der Waals surface area (Å²) in [4.78, 5) is 18.2. The van der Waals surface area contributed by atoms with Crippen molar-refractivity contribution in [3.63, 3.8) is 0 Å². The summed E-state index contributed by atoms with van der Waals surface area (Å²) in [5, 5.41) is 4.80. The van der Waals surface area contributed by atoms with Gasteiger partial charge < -0.3 is 14.0 Å². The van der Waals surface area contributed by atoms with E-state index in [0.29, 0.717) is 47.1 Å². The van der Waals surface area contributed by atoms with Crippen LogP contribution in [0.15, 0.2) is 48.9 Å². The summed E-state index contributed by atoms with van der Waals surface area (Å²) in [6, 6.07) is 10.2. The second-order valence-electron chi connectivity index (χ2n) is 12.7. The fraction of sp³-hybridized carbons (Fsp3) is 0.406. The molecule has 0 saturated heterocycles. The van der Waals surface area contributed by atoms with Crippen LogP contribution in [0.4, 0.5) is 13.2 Å². The molecule has 4 aromatic heterocycles. The zero-order valence-electron chi connectivity index (χ0n) is 26.0. The molecule has 0 atom stereocenters. The zero-order chi connectivity index (χ0) is 31.9. The van der Waals surface area contributed by atoms with E-state index in [-0.39, 0.29) is 12.6 Å². The second-order valence-corrected chi connectivity index (χ2v) is 18.3. The van der Waals surface area contributed by atoms with E-state index in [1.54, 1.807) is 38.7 Å². The number of nitrogens with zero attached hydrogens (tertiary/aromatic N) is 7. The Morgan fingerprint density at radius 3 is 2.42 bits per heavy atom.